The van der Waals surface area contributed by atoms with E-state index in [1.165, 1.54) is 0 Å². The summed E-state index contributed by atoms with van der Waals surface area (Å²) in [4.78, 5) is 4.72. The Balaban J connectivity index is 1.83. The van der Waals surface area contributed by atoms with Crippen LogP contribution in [0.5, 0.6) is 0 Å². The highest BCUT2D eigenvalue weighted by Gasteiger charge is 2.44. The molecule has 0 amide bonds. The Morgan fingerprint density at radius 2 is 2.03 bits per heavy atom. The lowest BCUT2D eigenvalue weighted by Crippen LogP contribution is -2.40. The zero-order chi connectivity index (χ0) is 22.4. The van der Waals surface area contributed by atoms with E-state index in [9.17, 15) is 9.50 Å². The van der Waals surface area contributed by atoms with Gasteiger partial charge in [0.15, 0.2) is 0 Å². The van der Waals surface area contributed by atoms with Gasteiger partial charge in [-0.15, -0.1) is 0 Å². The van der Waals surface area contributed by atoms with Crippen LogP contribution in [-0.4, -0.2) is 25.5 Å². The number of hydrogen-bond donors (Lipinski definition) is 1. The van der Waals surface area contributed by atoms with Crippen LogP contribution in [0, 0.1) is 19.8 Å². The van der Waals surface area contributed by atoms with Crippen molar-refractivity contribution in [1.82, 2.24) is 14.7 Å². The van der Waals surface area contributed by atoms with E-state index in [2.05, 4.69) is 18.1 Å². The third-order valence-corrected chi connectivity index (χ3v) is 7.22. The fourth-order valence-corrected chi connectivity index (χ4v) is 5.34. The number of aryl methyl sites for hydroxylation is 3. The summed E-state index contributed by atoms with van der Waals surface area (Å²) in [5.41, 5.74) is 2.34. The van der Waals surface area contributed by atoms with Gasteiger partial charge in [0.25, 0.3) is 0 Å². The molecule has 31 heavy (non-hydrogen) atoms. The van der Waals surface area contributed by atoms with Crippen LogP contribution in [0.1, 0.15) is 75.8 Å². The lowest BCUT2D eigenvalue weighted by molar-refractivity contribution is -0.0635. The lowest BCUT2D eigenvalue weighted by atomic mass is 9.68. The molecule has 1 fully saturated rings. The molecule has 6 heteroatoms. The summed E-state index contributed by atoms with van der Waals surface area (Å²) in [6.07, 6.45) is 8.86. The SMILES string of the molecule is CCCCC(O)(c1cn(C)c2ncc(-c3c(C)noc3C)cc12)C1CCC(C)(F)CC1. The zero-order valence-electron chi connectivity index (χ0n) is 19.3. The van der Waals surface area contributed by atoms with Gasteiger partial charge in [-0.25, -0.2) is 9.37 Å². The first-order valence-corrected chi connectivity index (χ1v) is 11.5. The van der Waals surface area contributed by atoms with Gasteiger partial charge in [0, 0.05) is 41.5 Å². The second kappa shape index (κ2) is 8.05. The minimum atomic E-state index is -1.13. The number of rotatable bonds is 6. The van der Waals surface area contributed by atoms with Gasteiger partial charge in [0.05, 0.1) is 11.3 Å². The van der Waals surface area contributed by atoms with Crippen LogP contribution in [0.25, 0.3) is 22.2 Å². The van der Waals surface area contributed by atoms with E-state index in [-0.39, 0.29) is 5.92 Å². The number of nitrogens with zero attached hydrogens (tertiary/aromatic N) is 3. The number of halogens is 1. The van der Waals surface area contributed by atoms with E-state index < -0.39 is 11.3 Å². The molecule has 0 aromatic carbocycles. The molecule has 168 valence electrons. The highest BCUT2D eigenvalue weighted by molar-refractivity contribution is 5.86. The van der Waals surface area contributed by atoms with E-state index in [1.54, 1.807) is 6.92 Å². The first-order chi connectivity index (χ1) is 14.7. The molecule has 3 aromatic heterocycles. The highest BCUT2D eigenvalue weighted by Crippen LogP contribution is 2.48. The zero-order valence-corrected chi connectivity index (χ0v) is 19.3. The molecule has 1 aliphatic carbocycles. The van der Waals surface area contributed by atoms with E-state index in [0.717, 1.165) is 52.0 Å². The van der Waals surface area contributed by atoms with Crippen LogP contribution < -0.4 is 0 Å². The maximum absolute atomic E-state index is 14.5. The Bertz CT molecular complexity index is 1050. The number of aliphatic hydroxyl groups is 1. The predicted octanol–water partition coefficient (Wildman–Crippen LogP) is 6.14. The van der Waals surface area contributed by atoms with E-state index in [0.29, 0.717) is 32.1 Å². The van der Waals surface area contributed by atoms with Gasteiger partial charge in [-0.2, -0.15) is 0 Å². The largest absolute Gasteiger partial charge is 0.385 e. The molecule has 1 unspecified atom stereocenters. The summed E-state index contributed by atoms with van der Waals surface area (Å²) in [5, 5.41) is 17.2. The maximum Gasteiger partial charge on any atom is 0.141 e. The van der Waals surface area contributed by atoms with Crippen LogP contribution in [-0.2, 0) is 12.6 Å². The van der Waals surface area contributed by atoms with Gasteiger partial charge in [-0.05, 0) is 64.9 Å². The number of alkyl halides is 1. The third-order valence-electron chi connectivity index (χ3n) is 7.22. The summed E-state index contributed by atoms with van der Waals surface area (Å²) in [6, 6.07) is 2.10. The Hall–Kier alpha value is -2.21. The van der Waals surface area contributed by atoms with Crippen molar-refractivity contribution in [3.63, 3.8) is 0 Å². The Morgan fingerprint density at radius 1 is 1.32 bits per heavy atom. The number of fused-ring (bicyclic) bond motifs is 1. The predicted molar refractivity (Wildman–Crippen MR) is 121 cm³/mol. The Morgan fingerprint density at radius 3 is 2.65 bits per heavy atom. The monoisotopic (exact) mass is 427 g/mol. The van der Waals surface area contributed by atoms with Crippen molar-refractivity contribution >= 4 is 11.0 Å². The second-order valence-electron chi connectivity index (χ2n) is 9.66. The van der Waals surface area contributed by atoms with Crippen LogP contribution in [0.2, 0.25) is 0 Å². The van der Waals surface area contributed by atoms with Gasteiger partial charge in [0.1, 0.15) is 17.1 Å². The van der Waals surface area contributed by atoms with Crippen molar-refractivity contribution in [2.45, 2.75) is 83.9 Å². The van der Waals surface area contributed by atoms with E-state index in [1.807, 2.05) is 37.9 Å². The first kappa shape index (κ1) is 22.0. The summed E-state index contributed by atoms with van der Waals surface area (Å²) < 4.78 is 21.9. The standard InChI is InChI=1S/C25H34FN3O2/c1-6-7-10-25(30,19-8-11-24(4,26)12-9-19)21-15-29(5)23-20(21)13-18(14-27-23)22-16(2)28-31-17(22)3/h13-15,19,30H,6-12H2,1-5H3. The highest BCUT2D eigenvalue weighted by atomic mass is 19.1. The summed E-state index contributed by atoms with van der Waals surface area (Å²) in [5.74, 6) is 0.795. The molecule has 5 nitrogen and oxygen atoms in total. The average molecular weight is 428 g/mol. The average Bonchev–Trinajstić information content (AvgIpc) is 3.24. The minimum Gasteiger partial charge on any atom is -0.385 e. The molecule has 1 N–H and O–H groups in total. The smallest absolute Gasteiger partial charge is 0.141 e. The second-order valence-corrected chi connectivity index (χ2v) is 9.66. The lowest BCUT2D eigenvalue weighted by Gasteiger charge is -2.41. The molecule has 0 radical (unpaired) electrons. The minimum absolute atomic E-state index is 0.0381. The van der Waals surface area contributed by atoms with Crippen molar-refractivity contribution < 1.29 is 14.0 Å². The molecule has 0 spiro atoms. The molecule has 3 heterocycles. The number of hydrogen-bond acceptors (Lipinski definition) is 4. The normalized spacial score (nSPS) is 23.9. The summed E-state index contributed by atoms with van der Waals surface area (Å²) in [6.45, 7) is 7.65. The van der Waals surface area contributed by atoms with Crippen molar-refractivity contribution in [3.8, 4) is 11.1 Å². The van der Waals surface area contributed by atoms with Gasteiger partial charge in [-0.1, -0.05) is 24.9 Å². The van der Waals surface area contributed by atoms with Crippen LogP contribution in [0.4, 0.5) is 4.39 Å². The molecule has 1 saturated carbocycles. The molecule has 3 aromatic rings. The topological polar surface area (TPSA) is 64.1 Å². The van der Waals surface area contributed by atoms with Gasteiger partial charge < -0.3 is 14.2 Å². The molecule has 1 aliphatic rings. The summed E-state index contributed by atoms with van der Waals surface area (Å²) >= 11 is 0. The number of unbranched alkanes of at least 4 members (excludes halogenated alkanes) is 1. The quantitative estimate of drug-likeness (QED) is 0.513. The van der Waals surface area contributed by atoms with Crippen molar-refractivity contribution in [2.75, 3.05) is 0 Å². The van der Waals surface area contributed by atoms with Crippen LogP contribution >= 0.6 is 0 Å². The number of pyridine rings is 1. The van der Waals surface area contributed by atoms with Gasteiger partial charge in [0.2, 0.25) is 0 Å². The molecular formula is C25H34FN3O2. The van der Waals surface area contributed by atoms with Crippen molar-refractivity contribution in [1.29, 1.82) is 0 Å². The molecular weight excluding hydrogens is 393 g/mol. The number of aromatic nitrogens is 3. The summed E-state index contributed by atoms with van der Waals surface area (Å²) in [7, 11) is 1.97. The molecule has 0 aliphatic heterocycles. The van der Waals surface area contributed by atoms with Gasteiger partial charge in [-0.3, -0.25) is 0 Å². The third kappa shape index (κ3) is 3.91. The van der Waals surface area contributed by atoms with Crippen LogP contribution in [0.3, 0.4) is 0 Å². The van der Waals surface area contributed by atoms with Crippen molar-refractivity contribution in [3.05, 3.63) is 35.5 Å². The van der Waals surface area contributed by atoms with Crippen molar-refractivity contribution in [2.24, 2.45) is 13.0 Å². The molecule has 0 bridgehead atoms. The molecule has 0 saturated heterocycles. The molecule has 1 atom stereocenters. The van der Waals surface area contributed by atoms with Gasteiger partial charge >= 0.3 is 0 Å². The van der Waals surface area contributed by atoms with E-state index >= 15 is 0 Å². The van der Waals surface area contributed by atoms with E-state index in [4.69, 9.17) is 9.51 Å². The van der Waals surface area contributed by atoms with Crippen LogP contribution in [0.15, 0.2) is 23.0 Å². The fraction of sp³-hybridized carbons (Fsp3) is 0.600. The maximum atomic E-state index is 14.5. The molecule has 4 rings (SSSR count). The Labute approximate surface area is 183 Å². The fourth-order valence-electron chi connectivity index (χ4n) is 5.34. The first-order valence-electron chi connectivity index (χ1n) is 11.5. The Kier molecular flexibility index (Phi) is 5.71.